The summed E-state index contributed by atoms with van der Waals surface area (Å²) in [6.45, 7) is 11.4. The Labute approximate surface area is 140 Å². The van der Waals surface area contributed by atoms with Gasteiger partial charge in [-0.15, -0.1) is 0 Å². The predicted molar refractivity (Wildman–Crippen MR) is 102 cm³/mol. The number of rotatable bonds is 13. The largest absolute Gasteiger partial charge is 0.314 e. The van der Waals surface area contributed by atoms with Crippen molar-refractivity contribution in [3.63, 3.8) is 0 Å². The number of halogens is 2. The van der Waals surface area contributed by atoms with Gasteiger partial charge in [0.15, 0.2) is 0 Å². The van der Waals surface area contributed by atoms with Crippen molar-refractivity contribution in [3.8, 4) is 0 Å². The second-order valence-corrected chi connectivity index (χ2v) is 16.3. The van der Waals surface area contributed by atoms with Gasteiger partial charge in [0.1, 0.15) is 0 Å². The van der Waals surface area contributed by atoms with Crippen LogP contribution in [-0.4, -0.2) is 16.8 Å². The Balaban J connectivity index is 4.82. The molecule has 0 unspecified atom stereocenters. The summed E-state index contributed by atoms with van der Waals surface area (Å²) in [5, 5.41) is 0. The van der Waals surface area contributed by atoms with Crippen LogP contribution < -0.4 is 0 Å². The highest BCUT2D eigenvalue weighted by Crippen LogP contribution is 2.55. The van der Waals surface area contributed by atoms with Crippen LogP contribution in [0.1, 0.15) is 84.5 Å². The quantitative estimate of drug-likeness (QED) is 0.179. The van der Waals surface area contributed by atoms with Gasteiger partial charge in [0, 0.05) is 4.66 Å². The van der Waals surface area contributed by atoms with Gasteiger partial charge in [0.05, 0.1) is 0 Å². The number of hydrogen-bond acceptors (Lipinski definition) is 0. The SMILES string of the molecule is CCCCCCCCC(CCCCC)([Si](C)(C)F)[Si](C)(C)F. The molecule has 0 aliphatic heterocycles. The van der Waals surface area contributed by atoms with Crippen molar-refractivity contribution >= 4 is 16.8 Å². The maximum absolute atomic E-state index is 15.2. The predicted octanol–water partition coefficient (Wildman–Crippen LogP) is 7.95. The molecule has 0 heterocycles. The molecular weight excluding hydrogens is 310 g/mol. The molecule has 0 aromatic heterocycles. The van der Waals surface area contributed by atoms with Gasteiger partial charge in [-0.3, -0.25) is 0 Å². The van der Waals surface area contributed by atoms with Crippen molar-refractivity contribution in [3.05, 3.63) is 0 Å². The van der Waals surface area contributed by atoms with Crippen LogP contribution >= 0.6 is 0 Å². The van der Waals surface area contributed by atoms with Crippen molar-refractivity contribution in [1.29, 1.82) is 0 Å². The number of unbranched alkanes of at least 4 members (excludes halogenated alkanes) is 7. The molecule has 0 bridgehead atoms. The Morgan fingerprint density at radius 3 is 1.32 bits per heavy atom. The van der Waals surface area contributed by atoms with Crippen LogP contribution in [0.5, 0.6) is 0 Å². The van der Waals surface area contributed by atoms with Crippen LogP contribution in [0.3, 0.4) is 0 Å². The van der Waals surface area contributed by atoms with Crippen molar-refractivity contribution in [2.24, 2.45) is 0 Å². The molecule has 22 heavy (non-hydrogen) atoms. The van der Waals surface area contributed by atoms with Crippen LogP contribution in [0.15, 0.2) is 0 Å². The maximum Gasteiger partial charge on any atom is 0.246 e. The van der Waals surface area contributed by atoms with Crippen LogP contribution in [0.4, 0.5) is 8.22 Å². The van der Waals surface area contributed by atoms with Gasteiger partial charge >= 0.3 is 0 Å². The Bertz CT molecular complexity index is 266. The fourth-order valence-electron chi connectivity index (χ4n) is 3.90. The molecule has 4 heteroatoms. The Hall–Kier alpha value is 0.294. The van der Waals surface area contributed by atoms with Gasteiger partial charge < -0.3 is 8.22 Å². The first kappa shape index (κ1) is 22.3. The lowest BCUT2D eigenvalue weighted by atomic mass is 10.0. The van der Waals surface area contributed by atoms with E-state index in [1.54, 1.807) is 26.2 Å². The normalized spacial score (nSPS) is 13.6. The average molecular weight is 351 g/mol. The molecule has 0 spiro atoms. The van der Waals surface area contributed by atoms with Gasteiger partial charge in [-0.2, -0.15) is 0 Å². The fourth-order valence-corrected chi connectivity index (χ4v) is 12.6. The molecule has 0 saturated heterocycles. The van der Waals surface area contributed by atoms with E-state index in [2.05, 4.69) is 13.8 Å². The van der Waals surface area contributed by atoms with E-state index in [9.17, 15) is 0 Å². The van der Waals surface area contributed by atoms with E-state index in [-0.39, 0.29) is 0 Å². The molecule has 0 atom stereocenters. The minimum Gasteiger partial charge on any atom is -0.314 e. The number of hydrogen-bond donors (Lipinski definition) is 0. The van der Waals surface area contributed by atoms with Crippen molar-refractivity contribution < 1.29 is 8.22 Å². The highest BCUT2D eigenvalue weighted by molar-refractivity contribution is 6.93. The van der Waals surface area contributed by atoms with Crippen LogP contribution in [-0.2, 0) is 0 Å². The topological polar surface area (TPSA) is 0 Å². The van der Waals surface area contributed by atoms with Crippen molar-refractivity contribution in [1.82, 2.24) is 0 Å². The van der Waals surface area contributed by atoms with E-state index in [4.69, 9.17) is 0 Å². The third kappa shape index (κ3) is 6.82. The van der Waals surface area contributed by atoms with Crippen molar-refractivity contribution in [2.45, 2.75) is 115 Å². The molecule has 0 aromatic rings. The summed E-state index contributed by atoms with van der Waals surface area (Å²) in [5.74, 6) is 0. The summed E-state index contributed by atoms with van der Waals surface area (Å²) in [7, 11) is -6.02. The van der Waals surface area contributed by atoms with E-state index < -0.39 is 21.5 Å². The molecule has 0 radical (unpaired) electrons. The summed E-state index contributed by atoms with van der Waals surface area (Å²) in [6, 6.07) is 0. The lowest BCUT2D eigenvalue weighted by molar-refractivity contribution is 0.452. The summed E-state index contributed by atoms with van der Waals surface area (Å²) >= 11 is 0. The summed E-state index contributed by atoms with van der Waals surface area (Å²) in [6.07, 6.45) is 12.0. The molecule has 0 aliphatic carbocycles. The van der Waals surface area contributed by atoms with E-state index in [1.165, 1.54) is 25.7 Å². The first-order chi connectivity index (χ1) is 10.1. The minimum atomic E-state index is -3.01. The van der Waals surface area contributed by atoms with Crippen LogP contribution in [0.2, 0.25) is 30.8 Å². The van der Waals surface area contributed by atoms with Gasteiger partial charge in [0.25, 0.3) is 0 Å². The van der Waals surface area contributed by atoms with E-state index in [1.807, 2.05) is 0 Å². The molecule has 0 amide bonds. The zero-order valence-corrected chi connectivity index (χ0v) is 18.0. The first-order valence-electron chi connectivity index (χ1n) is 9.50. The van der Waals surface area contributed by atoms with Gasteiger partial charge in [-0.25, -0.2) is 0 Å². The minimum absolute atomic E-state index is 0.583. The zero-order valence-electron chi connectivity index (χ0n) is 16.0. The molecule has 0 nitrogen and oxygen atoms in total. The zero-order chi connectivity index (χ0) is 17.3. The van der Waals surface area contributed by atoms with E-state index in [0.717, 1.165) is 44.9 Å². The molecule has 134 valence electrons. The summed E-state index contributed by atoms with van der Waals surface area (Å²) < 4.78 is 29.8. The maximum atomic E-state index is 15.2. The smallest absolute Gasteiger partial charge is 0.246 e. The molecule has 0 rings (SSSR count). The Morgan fingerprint density at radius 1 is 0.591 bits per heavy atom. The standard InChI is InChI=1S/C18H40F2Si2/c1-7-9-11-12-13-15-17-18(21(3,4)19,22(5,6)20)16-14-10-8-2/h7-17H2,1-6H3. The van der Waals surface area contributed by atoms with E-state index in [0.29, 0.717) is 0 Å². The van der Waals surface area contributed by atoms with Crippen molar-refractivity contribution in [2.75, 3.05) is 0 Å². The molecule has 0 N–H and O–H groups in total. The third-order valence-electron chi connectivity index (χ3n) is 5.44. The fraction of sp³-hybridized carbons (Fsp3) is 1.00. The molecule has 0 fully saturated rings. The Kier molecular flexibility index (Phi) is 10.4. The van der Waals surface area contributed by atoms with Gasteiger partial charge in [0.2, 0.25) is 16.8 Å². The second-order valence-electron chi connectivity index (χ2n) is 8.00. The molecular formula is C18H40F2Si2. The summed E-state index contributed by atoms with van der Waals surface area (Å²) in [4.78, 5) is 0. The Morgan fingerprint density at radius 2 is 0.909 bits per heavy atom. The highest BCUT2D eigenvalue weighted by atomic mass is 28.4. The highest BCUT2D eigenvalue weighted by Gasteiger charge is 2.59. The first-order valence-corrected chi connectivity index (χ1v) is 15.3. The molecule has 0 aromatic carbocycles. The third-order valence-corrected chi connectivity index (χ3v) is 14.6. The van der Waals surface area contributed by atoms with Gasteiger partial charge in [-0.1, -0.05) is 71.6 Å². The van der Waals surface area contributed by atoms with Gasteiger partial charge in [-0.05, 0) is 39.0 Å². The van der Waals surface area contributed by atoms with Crippen LogP contribution in [0.25, 0.3) is 0 Å². The molecule has 0 saturated carbocycles. The second kappa shape index (κ2) is 10.2. The van der Waals surface area contributed by atoms with Crippen LogP contribution in [0, 0.1) is 0 Å². The lowest BCUT2D eigenvalue weighted by Crippen LogP contribution is -2.53. The molecule has 0 aliphatic rings. The monoisotopic (exact) mass is 350 g/mol. The lowest BCUT2D eigenvalue weighted by Gasteiger charge is -2.46. The van der Waals surface area contributed by atoms with E-state index >= 15 is 8.22 Å². The average Bonchev–Trinajstić information content (AvgIpc) is 2.38. The summed E-state index contributed by atoms with van der Waals surface area (Å²) in [5.41, 5.74) is 0.